The highest BCUT2D eigenvalue weighted by molar-refractivity contribution is 6.22. The van der Waals surface area contributed by atoms with Crippen molar-refractivity contribution < 1.29 is 23.9 Å². The third-order valence-electron chi connectivity index (χ3n) is 5.30. The number of hydrogen-bond donors (Lipinski definition) is 0. The van der Waals surface area contributed by atoms with Crippen LogP contribution in [0.4, 0.5) is 0 Å². The fraction of sp³-hybridized carbons (Fsp3) is 0.154. The van der Waals surface area contributed by atoms with Crippen LogP contribution >= 0.6 is 0 Å². The van der Waals surface area contributed by atoms with Crippen LogP contribution in [0.3, 0.4) is 0 Å². The lowest BCUT2D eigenvalue weighted by atomic mass is 10.0. The topological polar surface area (TPSA) is 80.8 Å². The predicted molar refractivity (Wildman–Crippen MR) is 118 cm³/mol. The summed E-state index contributed by atoms with van der Waals surface area (Å²) < 4.78 is 5.39. The molecule has 32 heavy (non-hydrogen) atoms. The molecule has 0 aromatic heterocycles. The monoisotopic (exact) mass is 427 g/mol. The number of amides is 2. The maximum atomic E-state index is 12.6. The second-order valence-corrected chi connectivity index (χ2v) is 7.48. The number of unbranched alkanes of at least 4 members (excludes halogenated alkanes) is 1. The Labute approximate surface area is 185 Å². The molecule has 1 heterocycles. The molecule has 160 valence electrons. The van der Waals surface area contributed by atoms with E-state index in [0.29, 0.717) is 23.2 Å². The summed E-state index contributed by atoms with van der Waals surface area (Å²) in [7, 11) is 0. The van der Waals surface area contributed by atoms with E-state index in [9.17, 15) is 19.2 Å². The highest BCUT2D eigenvalue weighted by atomic mass is 16.5. The molecule has 6 heteroatoms. The largest absolute Gasteiger partial charge is 0.423 e. The van der Waals surface area contributed by atoms with Crippen LogP contribution in [-0.2, 0) is 0 Å². The fourth-order valence-corrected chi connectivity index (χ4v) is 3.53. The van der Waals surface area contributed by atoms with Crippen molar-refractivity contribution in [2.75, 3.05) is 6.54 Å². The Morgan fingerprint density at radius 2 is 1.41 bits per heavy atom. The number of fused-ring (bicyclic) bond motifs is 1. The molecule has 6 nitrogen and oxygen atoms in total. The van der Waals surface area contributed by atoms with Gasteiger partial charge in [0.25, 0.3) is 11.8 Å². The number of imide groups is 1. The summed E-state index contributed by atoms with van der Waals surface area (Å²) in [6, 6.07) is 19.5. The standard InChI is InChI=1S/C26H21NO5/c1-2-3-15-27-24(29)21-14-11-19(16-22(21)25(27)30)26(31)32-20-12-9-18(10-13-20)23(28)17-7-5-4-6-8-17/h4-14,16H,2-3,15H2,1H3. The molecule has 2 amide bonds. The molecule has 3 aromatic rings. The molecule has 0 saturated heterocycles. The first-order valence-electron chi connectivity index (χ1n) is 10.4. The lowest BCUT2D eigenvalue weighted by Gasteiger charge is -2.12. The van der Waals surface area contributed by atoms with Crippen molar-refractivity contribution in [3.8, 4) is 5.75 Å². The summed E-state index contributed by atoms with van der Waals surface area (Å²) in [4.78, 5) is 51.3. The average molecular weight is 427 g/mol. The van der Waals surface area contributed by atoms with Gasteiger partial charge >= 0.3 is 5.97 Å². The number of hydrogen-bond acceptors (Lipinski definition) is 5. The number of benzene rings is 3. The molecular weight excluding hydrogens is 406 g/mol. The van der Waals surface area contributed by atoms with Crippen molar-refractivity contribution in [1.82, 2.24) is 4.90 Å². The van der Waals surface area contributed by atoms with E-state index >= 15 is 0 Å². The number of esters is 1. The molecule has 1 aliphatic heterocycles. The zero-order chi connectivity index (χ0) is 22.7. The van der Waals surface area contributed by atoms with Crippen LogP contribution in [0, 0.1) is 0 Å². The van der Waals surface area contributed by atoms with Crippen molar-refractivity contribution in [3.05, 3.63) is 101 Å². The summed E-state index contributed by atoms with van der Waals surface area (Å²) >= 11 is 0. The normalized spacial score (nSPS) is 12.6. The molecule has 0 radical (unpaired) electrons. The molecule has 0 aliphatic carbocycles. The number of carbonyl (C=O) groups is 4. The third-order valence-corrected chi connectivity index (χ3v) is 5.30. The average Bonchev–Trinajstić information content (AvgIpc) is 3.07. The molecule has 0 atom stereocenters. The lowest BCUT2D eigenvalue weighted by Crippen LogP contribution is -2.30. The predicted octanol–water partition coefficient (Wildman–Crippen LogP) is 4.53. The van der Waals surface area contributed by atoms with Gasteiger partial charge in [0.05, 0.1) is 16.7 Å². The highest BCUT2D eigenvalue weighted by Crippen LogP contribution is 2.25. The number of ketones is 1. The highest BCUT2D eigenvalue weighted by Gasteiger charge is 2.35. The van der Waals surface area contributed by atoms with Crippen molar-refractivity contribution >= 4 is 23.6 Å². The first-order chi connectivity index (χ1) is 15.5. The van der Waals surface area contributed by atoms with E-state index in [0.717, 1.165) is 12.8 Å². The molecule has 0 fully saturated rings. The van der Waals surface area contributed by atoms with Crippen molar-refractivity contribution in [2.24, 2.45) is 0 Å². The Kier molecular flexibility index (Phi) is 5.94. The first kappa shape index (κ1) is 21.2. The fourth-order valence-electron chi connectivity index (χ4n) is 3.53. The van der Waals surface area contributed by atoms with Crippen LogP contribution in [0.1, 0.15) is 66.8 Å². The van der Waals surface area contributed by atoms with E-state index < -0.39 is 11.9 Å². The Morgan fingerprint density at radius 1 is 0.781 bits per heavy atom. The van der Waals surface area contributed by atoms with Crippen LogP contribution in [0.2, 0.25) is 0 Å². The lowest BCUT2D eigenvalue weighted by molar-refractivity contribution is 0.0651. The van der Waals surface area contributed by atoms with Crippen molar-refractivity contribution in [2.45, 2.75) is 19.8 Å². The zero-order valence-corrected chi connectivity index (χ0v) is 17.5. The smallest absolute Gasteiger partial charge is 0.343 e. The molecule has 3 aromatic carbocycles. The summed E-state index contributed by atoms with van der Waals surface area (Å²) in [6.45, 7) is 2.34. The van der Waals surface area contributed by atoms with Crippen molar-refractivity contribution in [1.29, 1.82) is 0 Å². The minimum absolute atomic E-state index is 0.127. The van der Waals surface area contributed by atoms with Gasteiger partial charge in [-0.3, -0.25) is 19.3 Å². The first-order valence-corrected chi connectivity index (χ1v) is 10.4. The quantitative estimate of drug-likeness (QED) is 0.239. The van der Waals surface area contributed by atoms with E-state index in [1.807, 2.05) is 13.0 Å². The van der Waals surface area contributed by atoms with E-state index in [1.54, 1.807) is 48.5 Å². The number of nitrogens with zero attached hydrogens (tertiary/aromatic N) is 1. The van der Waals surface area contributed by atoms with Crippen LogP contribution in [0.15, 0.2) is 72.8 Å². The van der Waals surface area contributed by atoms with E-state index in [-0.39, 0.29) is 28.6 Å². The van der Waals surface area contributed by atoms with Crippen LogP contribution in [0.25, 0.3) is 0 Å². The molecule has 0 spiro atoms. The zero-order valence-electron chi connectivity index (χ0n) is 17.5. The second kappa shape index (κ2) is 8.98. The minimum Gasteiger partial charge on any atom is -0.423 e. The number of rotatable bonds is 7. The maximum Gasteiger partial charge on any atom is 0.343 e. The molecule has 1 aliphatic rings. The summed E-state index contributed by atoms with van der Waals surface area (Å²) in [5, 5.41) is 0. The van der Waals surface area contributed by atoms with Gasteiger partial charge in [-0.1, -0.05) is 43.7 Å². The molecule has 0 saturated carbocycles. The van der Waals surface area contributed by atoms with Crippen molar-refractivity contribution in [3.63, 3.8) is 0 Å². The van der Waals surface area contributed by atoms with Gasteiger partial charge in [0.1, 0.15) is 5.75 Å². The van der Waals surface area contributed by atoms with Gasteiger partial charge in [-0.15, -0.1) is 0 Å². The second-order valence-electron chi connectivity index (χ2n) is 7.48. The van der Waals surface area contributed by atoms with Crippen LogP contribution < -0.4 is 4.74 Å². The maximum absolute atomic E-state index is 12.6. The Balaban J connectivity index is 1.47. The SMILES string of the molecule is CCCCN1C(=O)c2ccc(C(=O)Oc3ccc(C(=O)c4ccccc4)cc3)cc2C1=O. The Bertz CT molecular complexity index is 1200. The van der Waals surface area contributed by atoms with Gasteiger partial charge in [-0.25, -0.2) is 4.79 Å². The van der Waals surface area contributed by atoms with E-state index in [1.165, 1.54) is 23.1 Å². The molecule has 0 bridgehead atoms. The van der Waals surface area contributed by atoms with Gasteiger partial charge in [0.15, 0.2) is 5.78 Å². The van der Waals surface area contributed by atoms with E-state index in [2.05, 4.69) is 0 Å². The van der Waals surface area contributed by atoms with Crippen LogP contribution in [-0.4, -0.2) is 35.0 Å². The van der Waals surface area contributed by atoms with E-state index in [4.69, 9.17) is 4.74 Å². The van der Waals surface area contributed by atoms with Gasteiger partial charge in [-0.05, 0) is 48.9 Å². The Morgan fingerprint density at radius 3 is 2.09 bits per heavy atom. The number of ether oxygens (including phenoxy) is 1. The molecule has 0 N–H and O–H groups in total. The van der Waals surface area contributed by atoms with Gasteiger partial charge in [0.2, 0.25) is 0 Å². The summed E-state index contributed by atoms with van der Waals surface area (Å²) in [5.74, 6) is -1.24. The molecular formula is C26H21NO5. The number of carbonyl (C=O) groups excluding carboxylic acids is 4. The molecule has 4 rings (SSSR count). The Hall–Kier alpha value is -4.06. The summed E-state index contributed by atoms with van der Waals surface area (Å²) in [6.07, 6.45) is 1.59. The summed E-state index contributed by atoms with van der Waals surface area (Å²) in [5.41, 5.74) is 1.73. The molecule has 0 unspecified atom stereocenters. The minimum atomic E-state index is -0.651. The van der Waals surface area contributed by atoms with Crippen LogP contribution in [0.5, 0.6) is 5.75 Å². The van der Waals surface area contributed by atoms with Gasteiger partial charge in [-0.2, -0.15) is 0 Å². The van der Waals surface area contributed by atoms with Gasteiger partial charge in [0, 0.05) is 17.7 Å². The third kappa shape index (κ3) is 4.07. The van der Waals surface area contributed by atoms with Gasteiger partial charge < -0.3 is 4.74 Å².